The minimum absolute atomic E-state index is 0.136. The molecule has 0 radical (unpaired) electrons. The molecule has 0 amide bonds. The molecule has 1 N–H and O–H groups in total. The first-order valence-electron chi connectivity index (χ1n) is 5.72. The van der Waals surface area contributed by atoms with Crippen molar-refractivity contribution in [3.63, 3.8) is 0 Å². The molecule has 1 aromatic carbocycles. The first-order valence-corrected chi connectivity index (χ1v) is 5.72. The van der Waals surface area contributed by atoms with Gasteiger partial charge in [0.25, 0.3) is 0 Å². The summed E-state index contributed by atoms with van der Waals surface area (Å²) >= 11 is 0. The van der Waals surface area contributed by atoms with E-state index < -0.39 is 11.7 Å². The molecule has 2 rings (SSSR count). The highest BCUT2D eigenvalue weighted by Gasteiger charge is 2.63. The molecule has 0 aliphatic heterocycles. The van der Waals surface area contributed by atoms with Crippen molar-refractivity contribution < 1.29 is 13.2 Å². The molecular formula is C13H13F3N2. The number of halogens is 3. The molecule has 0 bridgehead atoms. The molecule has 1 fully saturated rings. The molecule has 1 atom stereocenters. The number of benzene rings is 1. The Bertz CT molecular complexity index is 466. The van der Waals surface area contributed by atoms with Crippen LogP contribution in [0.1, 0.15) is 36.9 Å². The standard InChI is InChI=1S/C13H13F3N2/c1-9(11-4-2-10(8-17)3-5-11)18-12(6-7-12)13(14,15)16/h2-5,9,18H,6-7H2,1H3. The normalized spacial score (nSPS) is 19.1. The number of alkyl halides is 3. The Morgan fingerprint density at radius 1 is 1.28 bits per heavy atom. The van der Waals surface area contributed by atoms with Crippen molar-refractivity contribution in [1.82, 2.24) is 5.32 Å². The minimum Gasteiger partial charge on any atom is -0.297 e. The number of rotatable bonds is 3. The van der Waals surface area contributed by atoms with Gasteiger partial charge in [0, 0.05) is 6.04 Å². The molecule has 0 aromatic heterocycles. The molecular weight excluding hydrogens is 241 g/mol. The van der Waals surface area contributed by atoms with Crippen LogP contribution in [0.4, 0.5) is 13.2 Å². The first-order chi connectivity index (χ1) is 8.38. The van der Waals surface area contributed by atoms with Crippen molar-refractivity contribution in [1.29, 1.82) is 5.26 Å². The first kappa shape index (κ1) is 12.9. The fourth-order valence-electron chi connectivity index (χ4n) is 1.98. The summed E-state index contributed by atoms with van der Waals surface area (Å²) in [6.07, 6.45) is -3.93. The monoisotopic (exact) mass is 254 g/mol. The molecule has 96 valence electrons. The van der Waals surface area contributed by atoms with Gasteiger partial charge in [-0.3, -0.25) is 5.32 Å². The zero-order valence-electron chi connectivity index (χ0n) is 9.88. The number of nitrogens with one attached hydrogen (secondary N) is 1. The lowest BCUT2D eigenvalue weighted by Crippen LogP contribution is -2.45. The fourth-order valence-corrected chi connectivity index (χ4v) is 1.98. The number of hydrogen-bond acceptors (Lipinski definition) is 2. The highest BCUT2D eigenvalue weighted by atomic mass is 19.4. The van der Waals surface area contributed by atoms with E-state index in [1.54, 1.807) is 31.2 Å². The Hall–Kier alpha value is -1.54. The number of nitrogens with zero attached hydrogens (tertiary/aromatic N) is 1. The lowest BCUT2D eigenvalue weighted by atomic mass is 10.0. The van der Waals surface area contributed by atoms with Gasteiger partial charge in [-0.25, -0.2) is 0 Å². The largest absolute Gasteiger partial charge is 0.406 e. The smallest absolute Gasteiger partial charge is 0.297 e. The van der Waals surface area contributed by atoms with Crippen molar-refractivity contribution in [3.05, 3.63) is 35.4 Å². The molecule has 1 aromatic rings. The van der Waals surface area contributed by atoms with Crippen LogP contribution in [0.3, 0.4) is 0 Å². The summed E-state index contributed by atoms with van der Waals surface area (Å²) < 4.78 is 38.4. The summed E-state index contributed by atoms with van der Waals surface area (Å²) in [7, 11) is 0. The molecule has 2 nitrogen and oxygen atoms in total. The maximum absolute atomic E-state index is 12.8. The van der Waals surface area contributed by atoms with E-state index in [1.807, 2.05) is 6.07 Å². The Balaban J connectivity index is 2.08. The second kappa shape index (κ2) is 4.29. The van der Waals surface area contributed by atoms with Crippen LogP contribution in [0, 0.1) is 11.3 Å². The van der Waals surface area contributed by atoms with E-state index in [0.717, 1.165) is 5.56 Å². The van der Waals surface area contributed by atoms with E-state index in [0.29, 0.717) is 5.56 Å². The van der Waals surface area contributed by atoms with Crippen LogP contribution in [-0.2, 0) is 0 Å². The van der Waals surface area contributed by atoms with Gasteiger partial charge < -0.3 is 0 Å². The van der Waals surface area contributed by atoms with Gasteiger partial charge in [-0.1, -0.05) is 12.1 Å². The van der Waals surface area contributed by atoms with Crippen molar-refractivity contribution in [2.45, 2.75) is 37.5 Å². The van der Waals surface area contributed by atoms with Gasteiger partial charge in [-0.15, -0.1) is 0 Å². The average molecular weight is 254 g/mol. The third-order valence-electron chi connectivity index (χ3n) is 3.33. The Labute approximate surface area is 103 Å². The van der Waals surface area contributed by atoms with Crippen molar-refractivity contribution in [3.8, 4) is 6.07 Å². The van der Waals surface area contributed by atoms with Gasteiger partial charge in [0.05, 0.1) is 11.6 Å². The van der Waals surface area contributed by atoms with E-state index >= 15 is 0 Å². The van der Waals surface area contributed by atoms with Gasteiger partial charge in [-0.05, 0) is 37.5 Å². The van der Waals surface area contributed by atoms with Gasteiger partial charge in [0.2, 0.25) is 0 Å². The SMILES string of the molecule is CC(NC1(C(F)(F)F)CC1)c1ccc(C#N)cc1. The number of hydrogen-bond donors (Lipinski definition) is 1. The van der Waals surface area contributed by atoms with Crippen LogP contribution in [0.15, 0.2) is 24.3 Å². The summed E-state index contributed by atoms with van der Waals surface area (Å²) in [4.78, 5) is 0. The lowest BCUT2D eigenvalue weighted by Gasteiger charge is -2.25. The fraction of sp³-hybridized carbons (Fsp3) is 0.462. The minimum atomic E-state index is -4.20. The lowest BCUT2D eigenvalue weighted by molar-refractivity contribution is -0.167. The van der Waals surface area contributed by atoms with E-state index in [4.69, 9.17) is 5.26 Å². The van der Waals surface area contributed by atoms with Crippen LogP contribution in [0.5, 0.6) is 0 Å². The summed E-state index contributed by atoms with van der Waals surface area (Å²) in [5.74, 6) is 0. The zero-order chi connectivity index (χ0) is 13.4. The molecule has 5 heteroatoms. The maximum Gasteiger partial charge on any atom is 0.406 e. The topological polar surface area (TPSA) is 35.8 Å². The number of nitriles is 1. The third-order valence-corrected chi connectivity index (χ3v) is 3.33. The Morgan fingerprint density at radius 3 is 2.22 bits per heavy atom. The van der Waals surface area contributed by atoms with Crippen LogP contribution in [0.25, 0.3) is 0 Å². The van der Waals surface area contributed by atoms with Crippen LogP contribution < -0.4 is 5.32 Å². The Kier molecular flexibility index (Phi) is 3.07. The summed E-state index contributed by atoms with van der Waals surface area (Å²) in [6, 6.07) is 8.18. The molecule has 18 heavy (non-hydrogen) atoms. The van der Waals surface area contributed by atoms with Crippen LogP contribution in [-0.4, -0.2) is 11.7 Å². The predicted octanol–water partition coefficient (Wildman–Crippen LogP) is 3.30. The predicted molar refractivity (Wildman–Crippen MR) is 60.7 cm³/mol. The molecule has 1 aliphatic carbocycles. The molecule has 1 saturated carbocycles. The van der Waals surface area contributed by atoms with Crippen molar-refractivity contribution in [2.75, 3.05) is 0 Å². The van der Waals surface area contributed by atoms with Gasteiger partial charge >= 0.3 is 6.18 Å². The molecule has 1 aliphatic rings. The quantitative estimate of drug-likeness (QED) is 0.898. The summed E-state index contributed by atoms with van der Waals surface area (Å²) in [5, 5.41) is 11.3. The molecule has 0 heterocycles. The van der Waals surface area contributed by atoms with Gasteiger partial charge in [0.1, 0.15) is 5.54 Å². The zero-order valence-corrected chi connectivity index (χ0v) is 9.88. The molecule has 1 unspecified atom stereocenters. The van der Waals surface area contributed by atoms with Crippen LogP contribution >= 0.6 is 0 Å². The van der Waals surface area contributed by atoms with Crippen LogP contribution in [0.2, 0.25) is 0 Å². The van der Waals surface area contributed by atoms with E-state index in [9.17, 15) is 13.2 Å². The van der Waals surface area contributed by atoms with Gasteiger partial charge in [-0.2, -0.15) is 18.4 Å². The molecule has 0 spiro atoms. The summed E-state index contributed by atoms with van der Waals surface area (Å²) in [6.45, 7) is 1.70. The van der Waals surface area contributed by atoms with Crippen molar-refractivity contribution >= 4 is 0 Å². The second-order valence-electron chi connectivity index (χ2n) is 4.68. The van der Waals surface area contributed by atoms with E-state index in [1.165, 1.54) is 0 Å². The highest BCUT2D eigenvalue weighted by molar-refractivity contribution is 5.33. The van der Waals surface area contributed by atoms with Gasteiger partial charge in [0.15, 0.2) is 0 Å². The van der Waals surface area contributed by atoms with E-state index in [2.05, 4.69) is 5.32 Å². The average Bonchev–Trinajstić information content (AvgIpc) is 3.09. The summed E-state index contributed by atoms with van der Waals surface area (Å²) in [5.41, 5.74) is -0.451. The highest BCUT2D eigenvalue weighted by Crippen LogP contribution is 2.50. The Morgan fingerprint density at radius 2 is 1.83 bits per heavy atom. The van der Waals surface area contributed by atoms with Crippen molar-refractivity contribution in [2.24, 2.45) is 0 Å². The molecule has 0 saturated heterocycles. The maximum atomic E-state index is 12.8. The van der Waals surface area contributed by atoms with E-state index in [-0.39, 0.29) is 18.9 Å². The third kappa shape index (κ3) is 2.34. The second-order valence-corrected chi connectivity index (χ2v) is 4.68.